The van der Waals surface area contributed by atoms with Gasteiger partial charge in [0.15, 0.2) is 5.78 Å². The molecule has 2 aromatic carbocycles. The summed E-state index contributed by atoms with van der Waals surface area (Å²) in [7, 11) is 0. The summed E-state index contributed by atoms with van der Waals surface area (Å²) in [6, 6.07) is 16.9. The molecular weight excluding hydrogens is 358 g/mol. The molecule has 6 heteroatoms. The largest absolute Gasteiger partial charge is 0.295 e. The van der Waals surface area contributed by atoms with Crippen molar-refractivity contribution in [2.24, 2.45) is 0 Å². The second-order valence-electron chi connectivity index (χ2n) is 6.34. The molecule has 0 aliphatic rings. The fourth-order valence-corrected chi connectivity index (χ4v) is 4.25. The van der Waals surface area contributed by atoms with Crippen molar-refractivity contribution in [2.45, 2.75) is 6.92 Å². The Bertz CT molecular complexity index is 1420. The number of ketones is 1. The number of carbonyl (C=O) groups excluding carboxylic acids is 1. The van der Waals surface area contributed by atoms with Gasteiger partial charge >= 0.3 is 0 Å². The van der Waals surface area contributed by atoms with Crippen molar-refractivity contribution in [1.82, 2.24) is 14.5 Å². The van der Waals surface area contributed by atoms with Crippen LogP contribution in [0.2, 0.25) is 0 Å². The van der Waals surface area contributed by atoms with Gasteiger partial charge in [-0.15, -0.1) is 11.3 Å². The highest BCUT2D eigenvalue weighted by molar-refractivity contribution is 7.25. The van der Waals surface area contributed by atoms with Crippen LogP contribution < -0.4 is 5.56 Å². The van der Waals surface area contributed by atoms with Gasteiger partial charge in [-0.25, -0.2) is 9.97 Å². The van der Waals surface area contributed by atoms with Gasteiger partial charge in [0.2, 0.25) is 0 Å². The van der Waals surface area contributed by atoms with E-state index in [0.717, 1.165) is 21.1 Å². The molecule has 0 N–H and O–H groups in total. The number of hydrogen-bond acceptors (Lipinski definition) is 5. The normalized spacial score (nSPS) is 11.4. The molecule has 0 unspecified atom stereocenters. The van der Waals surface area contributed by atoms with Gasteiger partial charge in [0, 0.05) is 16.3 Å². The number of rotatable bonds is 2. The Morgan fingerprint density at radius 3 is 2.63 bits per heavy atom. The Morgan fingerprint density at radius 2 is 1.85 bits per heavy atom. The van der Waals surface area contributed by atoms with Crippen molar-refractivity contribution in [2.75, 3.05) is 0 Å². The Kier molecular flexibility index (Phi) is 3.42. The molecular formula is C21H13N3O2S. The summed E-state index contributed by atoms with van der Waals surface area (Å²) in [6.07, 6.45) is 1.54. The third kappa shape index (κ3) is 2.45. The van der Waals surface area contributed by atoms with Crippen molar-refractivity contribution in [1.29, 1.82) is 0 Å². The first-order chi connectivity index (χ1) is 13.1. The van der Waals surface area contributed by atoms with E-state index >= 15 is 0 Å². The first kappa shape index (κ1) is 15.8. The topological polar surface area (TPSA) is 64.8 Å². The number of nitrogens with zero attached hydrogens (tertiary/aromatic N) is 3. The van der Waals surface area contributed by atoms with Gasteiger partial charge in [-0.1, -0.05) is 18.2 Å². The molecule has 0 atom stereocenters. The minimum atomic E-state index is -0.136. The van der Waals surface area contributed by atoms with Crippen LogP contribution in [0.3, 0.4) is 0 Å². The predicted molar refractivity (Wildman–Crippen MR) is 108 cm³/mol. The fourth-order valence-electron chi connectivity index (χ4n) is 3.20. The van der Waals surface area contributed by atoms with E-state index in [2.05, 4.69) is 9.97 Å². The number of thiophene rings is 1. The number of hydrogen-bond donors (Lipinski definition) is 0. The molecule has 0 spiro atoms. The van der Waals surface area contributed by atoms with Crippen molar-refractivity contribution >= 4 is 48.5 Å². The number of Topliss-reactive ketones (excluding diaryl/α,β-unsaturated/α-hetero) is 1. The van der Waals surface area contributed by atoms with E-state index in [1.165, 1.54) is 29.2 Å². The van der Waals surface area contributed by atoms with Gasteiger partial charge in [-0.05, 0) is 43.3 Å². The monoisotopic (exact) mass is 371 g/mol. The quantitative estimate of drug-likeness (QED) is 0.433. The molecule has 0 aliphatic heterocycles. The molecule has 0 amide bonds. The smallest absolute Gasteiger partial charge is 0.275 e. The molecule has 0 radical (unpaired) electrons. The van der Waals surface area contributed by atoms with Gasteiger partial charge in [0.25, 0.3) is 5.56 Å². The van der Waals surface area contributed by atoms with E-state index in [0.29, 0.717) is 21.5 Å². The zero-order chi connectivity index (χ0) is 18.5. The predicted octanol–water partition coefficient (Wildman–Crippen LogP) is 4.35. The molecule has 5 rings (SSSR count). The van der Waals surface area contributed by atoms with Crippen LogP contribution in [0.5, 0.6) is 0 Å². The van der Waals surface area contributed by atoms with E-state index in [9.17, 15) is 9.59 Å². The number of para-hydroxylation sites is 1. The van der Waals surface area contributed by atoms with E-state index in [4.69, 9.17) is 0 Å². The highest BCUT2D eigenvalue weighted by Crippen LogP contribution is 2.31. The highest BCUT2D eigenvalue weighted by Gasteiger charge is 2.14. The number of fused-ring (bicyclic) bond motifs is 4. The standard InChI is InChI=1S/C21H13N3O2S/c1-12(25)13-6-8-15(9-7-13)24-11-22-18-16-10-14-4-2-3-5-17(14)23-20(16)27-19(18)21(24)26/h2-11H,1H3. The van der Waals surface area contributed by atoms with Crippen LogP contribution in [0.25, 0.3) is 37.0 Å². The maximum Gasteiger partial charge on any atom is 0.275 e. The van der Waals surface area contributed by atoms with Crippen LogP contribution >= 0.6 is 11.3 Å². The third-order valence-electron chi connectivity index (χ3n) is 4.63. The fraction of sp³-hybridized carbons (Fsp3) is 0.0476. The first-order valence-electron chi connectivity index (χ1n) is 8.43. The maximum atomic E-state index is 13.0. The molecule has 3 heterocycles. The molecule has 5 aromatic rings. The summed E-state index contributed by atoms with van der Waals surface area (Å²) in [5, 5.41) is 1.92. The summed E-state index contributed by atoms with van der Waals surface area (Å²) < 4.78 is 2.08. The van der Waals surface area contributed by atoms with Gasteiger partial charge in [0.1, 0.15) is 15.9 Å². The SMILES string of the molecule is CC(=O)c1ccc(-n2cnc3c(sc4nc5ccccc5cc43)c2=O)cc1. The number of pyridine rings is 1. The lowest BCUT2D eigenvalue weighted by Crippen LogP contribution is -2.17. The molecule has 0 aliphatic carbocycles. The van der Waals surface area contributed by atoms with Crippen LogP contribution in [0.1, 0.15) is 17.3 Å². The molecule has 130 valence electrons. The van der Waals surface area contributed by atoms with Gasteiger partial charge < -0.3 is 0 Å². The maximum absolute atomic E-state index is 13.0. The van der Waals surface area contributed by atoms with Crippen LogP contribution in [0, 0.1) is 0 Å². The summed E-state index contributed by atoms with van der Waals surface area (Å²) in [6.45, 7) is 1.52. The summed E-state index contributed by atoms with van der Waals surface area (Å²) >= 11 is 1.36. The summed E-state index contributed by atoms with van der Waals surface area (Å²) in [4.78, 5) is 34.5. The summed E-state index contributed by atoms with van der Waals surface area (Å²) in [5.41, 5.74) is 2.72. The van der Waals surface area contributed by atoms with Crippen LogP contribution in [0.15, 0.2) is 65.7 Å². The molecule has 27 heavy (non-hydrogen) atoms. The van der Waals surface area contributed by atoms with Crippen LogP contribution in [-0.2, 0) is 0 Å². The minimum absolute atomic E-state index is 0.00915. The van der Waals surface area contributed by atoms with Gasteiger partial charge in [0.05, 0.1) is 16.7 Å². The third-order valence-corrected chi connectivity index (χ3v) is 5.70. The lowest BCUT2D eigenvalue weighted by Gasteiger charge is -2.05. The zero-order valence-corrected chi connectivity index (χ0v) is 15.2. The Hall–Kier alpha value is -3.38. The number of benzene rings is 2. The van der Waals surface area contributed by atoms with Crippen LogP contribution in [-0.4, -0.2) is 20.3 Å². The molecule has 0 fully saturated rings. The number of carbonyl (C=O) groups is 1. The average molecular weight is 371 g/mol. The molecule has 0 saturated heterocycles. The van der Waals surface area contributed by atoms with Crippen molar-refractivity contribution in [3.63, 3.8) is 0 Å². The Balaban J connectivity index is 1.75. The zero-order valence-electron chi connectivity index (χ0n) is 14.3. The van der Waals surface area contributed by atoms with Gasteiger partial charge in [-0.2, -0.15) is 0 Å². The first-order valence-corrected chi connectivity index (χ1v) is 9.24. The molecule has 5 nitrogen and oxygen atoms in total. The lowest BCUT2D eigenvalue weighted by atomic mass is 10.1. The second kappa shape index (κ2) is 5.82. The van der Waals surface area contributed by atoms with E-state index in [-0.39, 0.29) is 11.3 Å². The molecule has 0 saturated carbocycles. The van der Waals surface area contributed by atoms with Crippen molar-refractivity contribution in [3.8, 4) is 5.69 Å². The number of aromatic nitrogens is 3. The molecule has 0 bridgehead atoms. The van der Waals surface area contributed by atoms with Crippen molar-refractivity contribution in [3.05, 3.63) is 76.8 Å². The minimum Gasteiger partial charge on any atom is -0.295 e. The molecule has 3 aromatic heterocycles. The second-order valence-corrected chi connectivity index (χ2v) is 7.34. The summed E-state index contributed by atoms with van der Waals surface area (Å²) in [5.74, 6) is -0.00915. The van der Waals surface area contributed by atoms with E-state index in [1.54, 1.807) is 24.3 Å². The highest BCUT2D eigenvalue weighted by atomic mass is 32.1. The van der Waals surface area contributed by atoms with E-state index < -0.39 is 0 Å². The Morgan fingerprint density at radius 1 is 1.07 bits per heavy atom. The lowest BCUT2D eigenvalue weighted by molar-refractivity contribution is 0.101. The Labute approximate surface area is 157 Å². The van der Waals surface area contributed by atoms with Gasteiger partial charge in [-0.3, -0.25) is 14.2 Å². The van der Waals surface area contributed by atoms with E-state index in [1.807, 2.05) is 30.3 Å². The van der Waals surface area contributed by atoms with Crippen LogP contribution in [0.4, 0.5) is 0 Å². The average Bonchev–Trinajstić information content (AvgIpc) is 3.05. The van der Waals surface area contributed by atoms with Crippen molar-refractivity contribution < 1.29 is 4.79 Å².